The zero-order valence-corrected chi connectivity index (χ0v) is 12.3. The average molecular weight is 362 g/mol. The monoisotopic (exact) mass is 362 g/mol. The Morgan fingerprint density at radius 3 is 3.00 bits per heavy atom. The number of benzene rings is 1. The molecule has 0 saturated carbocycles. The van der Waals surface area contributed by atoms with Gasteiger partial charge in [-0.15, -0.1) is 0 Å². The predicted octanol–water partition coefficient (Wildman–Crippen LogP) is 2.16. The Labute approximate surface area is 120 Å². The van der Waals surface area contributed by atoms with Gasteiger partial charge in [0.05, 0.1) is 5.56 Å². The summed E-state index contributed by atoms with van der Waals surface area (Å²) in [6.07, 6.45) is 0.935. The van der Waals surface area contributed by atoms with Crippen LogP contribution in [0.25, 0.3) is 0 Å². The number of hydrogen-bond donors (Lipinski definition) is 2. The van der Waals surface area contributed by atoms with Crippen LogP contribution in [0, 0.1) is 15.3 Å². The first kappa shape index (κ1) is 13.7. The smallest absolute Gasteiger partial charge is 0.252 e. The van der Waals surface area contributed by atoms with Gasteiger partial charge < -0.3 is 10.6 Å². The molecule has 1 aliphatic heterocycles. The van der Waals surface area contributed by atoms with E-state index in [2.05, 4.69) is 17.6 Å². The molecule has 18 heavy (non-hydrogen) atoms. The molecule has 0 spiro atoms. The van der Waals surface area contributed by atoms with Crippen LogP contribution in [0.15, 0.2) is 18.2 Å². The highest BCUT2D eigenvalue weighted by molar-refractivity contribution is 14.1. The summed E-state index contributed by atoms with van der Waals surface area (Å²) in [4.78, 5) is 12.1. The Hall–Kier alpha value is -0.690. The molecule has 5 heteroatoms. The number of carbonyl (C=O) groups excluding carboxylic acids is 1. The minimum atomic E-state index is -0.314. The summed E-state index contributed by atoms with van der Waals surface area (Å²) in [6, 6.07) is 4.43. The van der Waals surface area contributed by atoms with Crippen molar-refractivity contribution in [2.45, 2.75) is 19.4 Å². The summed E-state index contributed by atoms with van der Waals surface area (Å²) >= 11 is 1.99. The van der Waals surface area contributed by atoms with Crippen molar-refractivity contribution >= 4 is 28.5 Å². The Kier molecular flexibility index (Phi) is 4.55. The largest absolute Gasteiger partial charge is 0.349 e. The highest BCUT2D eigenvalue weighted by Gasteiger charge is 2.23. The first-order chi connectivity index (χ1) is 8.58. The lowest BCUT2D eigenvalue weighted by Gasteiger charge is -2.30. The Bertz CT molecular complexity index is 453. The fraction of sp³-hybridized carbons (Fsp3) is 0.462. The van der Waals surface area contributed by atoms with Crippen LogP contribution in [-0.4, -0.2) is 25.0 Å². The maximum absolute atomic E-state index is 13.0. The zero-order valence-electron chi connectivity index (χ0n) is 10.2. The lowest BCUT2D eigenvalue weighted by atomic mass is 9.95. The first-order valence-electron chi connectivity index (χ1n) is 6.04. The van der Waals surface area contributed by atoms with E-state index in [1.807, 2.05) is 22.6 Å². The quantitative estimate of drug-likeness (QED) is 0.792. The van der Waals surface area contributed by atoms with Crippen LogP contribution in [0.2, 0.25) is 0 Å². The van der Waals surface area contributed by atoms with E-state index < -0.39 is 0 Å². The van der Waals surface area contributed by atoms with Crippen LogP contribution in [0.3, 0.4) is 0 Å². The molecule has 1 aromatic carbocycles. The van der Waals surface area contributed by atoms with E-state index in [0.717, 1.165) is 19.5 Å². The van der Waals surface area contributed by atoms with Crippen molar-refractivity contribution in [3.63, 3.8) is 0 Å². The van der Waals surface area contributed by atoms with Gasteiger partial charge in [0.15, 0.2) is 0 Å². The van der Waals surface area contributed by atoms with Crippen molar-refractivity contribution in [1.82, 2.24) is 10.6 Å². The summed E-state index contributed by atoms with van der Waals surface area (Å²) in [5, 5.41) is 6.33. The van der Waals surface area contributed by atoms with Crippen molar-refractivity contribution < 1.29 is 9.18 Å². The molecule has 2 unspecified atom stereocenters. The van der Waals surface area contributed by atoms with Crippen molar-refractivity contribution in [1.29, 1.82) is 0 Å². The molecule has 98 valence electrons. The van der Waals surface area contributed by atoms with Crippen LogP contribution in [-0.2, 0) is 0 Å². The number of nitrogens with one attached hydrogen (secondary N) is 2. The molecule has 2 rings (SSSR count). The molecule has 1 saturated heterocycles. The van der Waals surface area contributed by atoms with Gasteiger partial charge in [-0.25, -0.2) is 4.39 Å². The van der Waals surface area contributed by atoms with Crippen molar-refractivity contribution in [3.05, 3.63) is 33.1 Å². The van der Waals surface area contributed by atoms with Crippen LogP contribution in [0.5, 0.6) is 0 Å². The molecule has 2 atom stereocenters. The van der Waals surface area contributed by atoms with Gasteiger partial charge in [0.25, 0.3) is 5.91 Å². The molecule has 1 heterocycles. The molecular weight excluding hydrogens is 346 g/mol. The standard InChI is InChI=1S/C13H16FIN2O/c1-8-7-16-5-4-12(8)17-13(18)10-3-2-9(14)6-11(10)15/h2-3,6,8,12,16H,4-5,7H2,1H3,(H,17,18). The second-order valence-electron chi connectivity index (χ2n) is 4.67. The summed E-state index contributed by atoms with van der Waals surface area (Å²) in [5.41, 5.74) is 0.544. The van der Waals surface area contributed by atoms with Gasteiger partial charge in [0.1, 0.15) is 5.82 Å². The number of carbonyl (C=O) groups is 1. The van der Waals surface area contributed by atoms with E-state index in [-0.39, 0.29) is 17.8 Å². The van der Waals surface area contributed by atoms with E-state index in [0.29, 0.717) is 15.1 Å². The van der Waals surface area contributed by atoms with Crippen molar-refractivity contribution in [2.24, 2.45) is 5.92 Å². The fourth-order valence-corrected chi connectivity index (χ4v) is 2.87. The highest BCUT2D eigenvalue weighted by Crippen LogP contribution is 2.16. The maximum Gasteiger partial charge on any atom is 0.252 e. The summed E-state index contributed by atoms with van der Waals surface area (Å²) < 4.78 is 13.6. The van der Waals surface area contributed by atoms with Crippen molar-refractivity contribution in [3.8, 4) is 0 Å². The molecule has 0 radical (unpaired) electrons. The number of hydrogen-bond acceptors (Lipinski definition) is 2. The van der Waals surface area contributed by atoms with Gasteiger partial charge in [-0.2, -0.15) is 0 Å². The van der Waals surface area contributed by atoms with Gasteiger partial charge >= 0.3 is 0 Å². The Balaban J connectivity index is 2.07. The number of halogens is 2. The first-order valence-corrected chi connectivity index (χ1v) is 7.12. The van der Waals surface area contributed by atoms with E-state index >= 15 is 0 Å². The second kappa shape index (κ2) is 5.97. The normalized spacial score (nSPS) is 23.7. The maximum atomic E-state index is 13.0. The molecule has 1 amide bonds. The predicted molar refractivity (Wildman–Crippen MR) is 77.0 cm³/mol. The van der Waals surface area contributed by atoms with E-state index in [9.17, 15) is 9.18 Å². The minimum Gasteiger partial charge on any atom is -0.349 e. The highest BCUT2D eigenvalue weighted by atomic mass is 127. The van der Waals surface area contributed by atoms with E-state index in [1.165, 1.54) is 18.2 Å². The molecule has 2 N–H and O–H groups in total. The lowest BCUT2D eigenvalue weighted by Crippen LogP contribution is -2.48. The van der Waals surface area contributed by atoms with Crippen LogP contribution in [0.4, 0.5) is 4.39 Å². The molecule has 0 bridgehead atoms. The van der Waals surface area contributed by atoms with Crippen molar-refractivity contribution in [2.75, 3.05) is 13.1 Å². The molecule has 1 aromatic rings. The van der Waals surface area contributed by atoms with Gasteiger partial charge in [0.2, 0.25) is 0 Å². The SMILES string of the molecule is CC1CNCCC1NC(=O)c1ccc(F)cc1I. The number of piperidine rings is 1. The van der Waals surface area contributed by atoms with Crippen LogP contribution < -0.4 is 10.6 Å². The number of amides is 1. The van der Waals surface area contributed by atoms with E-state index in [4.69, 9.17) is 0 Å². The third kappa shape index (κ3) is 3.20. The molecule has 0 aliphatic carbocycles. The second-order valence-corrected chi connectivity index (χ2v) is 5.84. The molecule has 1 aliphatic rings. The lowest BCUT2D eigenvalue weighted by molar-refractivity contribution is 0.0913. The topological polar surface area (TPSA) is 41.1 Å². The minimum absolute atomic E-state index is 0.113. The molecule has 3 nitrogen and oxygen atoms in total. The Morgan fingerprint density at radius 1 is 1.56 bits per heavy atom. The number of rotatable bonds is 2. The third-order valence-corrected chi connectivity index (χ3v) is 4.17. The van der Waals surface area contributed by atoms with E-state index in [1.54, 1.807) is 0 Å². The van der Waals surface area contributed by atoms with Gasteiger partial charge in [-0.3, -0.25) is 4.79 Å². The molecule has 0 aromatic heterocycles. The fourth-order valence-electron chi connectivity index (χ4n) is 2.15. The summed E-state index contributed by atoms with van der Waals surface area (Å²) in [7, 11) is 0. The van der Waals surface area contributed by atoms with Gasteiger partial charge in [0, 0.05) is 9.61 Å². The molecular formula is C13H16FIN2O. The summed E-state index contributed by atoms with van der Waals surface area (Å²) in [5.74, 6) is -0.00913. The third-order valence-electron chi connectivity index (χ3n) is 3.28. The average Bonchev–Trinajstić information content (AvgIpc) is 2.32. The summed E-state index contributed by atoms with van der Waals surface area (Å²) in [6.45, 7) is 3.97. The molecule has 1 fully saturated rings. The Morgan fingerprint density at radius 2 is 2.33 bits per heavy atom. The van der Waals surface area contributed by atoms with Crippen LogP contribution >= 0.6 is 22.6 Å². The van der Waals surface area contributed by atoms with Gasteiger partial charge in [-0.1, -0.05) is 6.92 Å². The van der Waals surface area contributed by atoms with Gasteiger partial charge in [-0.05, 0) is 66.2 Å². The zero-order chi connectivity index (χ0) is 13.1. The van der Waals surface area contributed by atoms with Crippen LogP contribution in [0.1, 0.15) is 23.7 Å².